The molecule has 1 N–H and O–H groups in total. The number of ether oxygens (including phenoxy) is 1. The Labute approximate surface area is 216 Å². The maximum Gasteiger partial charge on any atom is 0.312 e. The van der Waals surface area contributed by atoms with Crippen molar-refractivity contribution in [2.45, 2.75) is 36.8 Å². The van der Waals surface area contributed by atoms with Gasteiger partial charge in [-0.3, -0.25) is 14.9 Å². The molecule has 3 aromatic carbocycles. The van der Waals surface area contributed by atoms with Crippen LogP contribution in [-0.2, 0) is 10.2 Å². The second-order valence-electron chi connectivity index (χ2n) is 8.89. The number of nitrogens with zero attached hydrogens (tertiary/aromatic N) is 2. The zero-order valence-electron chi connectivity index (χ0n) is 20.2. The number of amides is 1. The minimum Gasteiger partial charge on any atom is -0.450 e. The monoisotopic (exact) mass is 523 g/mol. The van der Waals surface area contributed by atoms with Crippen molar-refractivity contribution in [3.8, 4) is 17.6 Å². The van der Waals surface area contributed by atoms with E-state index in [2.05, 4.69) is 26.1 Å². The number of anilines is 1. The van der Waals surface area contributed by atoms with Crippen molar-refractivity contribution in [2.75, 3.05) is 5.32 Å². The van der Waals surface area contributed by atoms with Crippen LogP contribution in [0.25, 0.3) is 6.08 Å². The number of hydrogen-bond acceptors (Lipinski definition) is 6. The van der Waals surface area contributed by atoms with E-state index in [9.17, 15) is 29.0 Å². The van der Waals surface area contributed by atoms with Gasteiger partial charge in [-0.15, -0.1) is 0 Å². The Kier molecular flexibility index (Phi) is 8.63. The van der Waals surface area contributed by atoms with E-state index in [4.69, 9.17) is 4.74 Å². The Morgan fingerprint density at radius 1 is 1.11 bits per heavy atom. The number of rotatable bonds is 8. The molecule has 0 saturated heterocycles. The summed E-state index contributed by atoms with van der Waals surface area (Å²) in [7, 11) is 0. The molecule has 10 heteroatoms. The molecule has 0 fully saturated rings. The van der Waals surface area contributed by atoms with E-state index in [1.54, 1.807) is 18.2 Å². The topological polar surface area (TPSA) is 105 Å². The molecule has 1 amide bonds. The fourth-order valence-corrected chi connectivity index (χ4v) is 3.74. The van der Waals surface area contributed by atoms with E-state index in [0.29, 0.717) is 28.1 Å². The van der Waals surface area contributed by atoms with E-state index in [1.165, 1.54) is 48.5 Å². The molecule has 0 saturated carbocycles. The summed E-state index contributed by atoms with van der Waals surface area (Å²) in [6.07, 6.45) is 1.21. The zero-order chi connectivity index (χ0) is 27.2. The average molecular weight is 524 g/mol. The second kappa shape index (κ2) is 11.7. The van der Waals surface area contributed by atoms with Crippen molar-refractivity contribution < 1.29 is 23.2 Å². The van der Waals surface area contributed by atoms with Gasteiger partial charge in [-0.25, -0.2) is 0 Å². The van der Waals surface area contributed by atoms with Gasteiger partial charge < -0.3 is 10.1 Å². The van der Waals surface area contributed by atoms with Gasteiger partial charge >= 0.3 is 5.69 Å². The van der Waals surface area contributed by atoms with E-state index >= 15 is 0 Å². The Morgan fingerprint density at radius 2 is 1.76 bits per heavy atom. The summed E-state index contributed by atoms with van der Waals surface area (Å²) >= 11 is 0.370. The summed E-state index contributed by atoms with van der Waals surface area (Å²) in [6, 6.07) is 18.8. The van der Waals surface area contributed by atoms with Crippen LogP contribution in [0.1, 0.15) is 31.9 Å². The van der Waals surface area contributed by atoms with Crippen LogP contribution in [-0.4, -0.2) is 16.6 Å². The van der Waals surface area contributed by atoms with Crippen LogP contribution in [0.3, 0.4) is 0 Å². The first-order valence-electron chi connectivity index (χ1n) is 11.0. The van der Waals surface area contributed by atoms with Crippen molar-refractivity contribution >= 4 is 35.1 Å². The smallest absolute Gasteiger partial charge is 0.312 e. The molecule has 0 atom stereocenters. The van der Waals surface area contributed by atoms with Gasteiger partial charge in [0.05, 0.1) is 4.92 Å². The number of halogens is 2. The van der Waals surface area contributed by atoms with Gasteiger partial charge in [0.1, 0.15) is 17.4 Å². The average Bonchev–Trinajstić information content (AvgIpc) is 2.83. The van der Waals surface area contributed by atoms with Crippen molar-refractivity contribution in [1.29, 1.82) is 5.26 Å². The predicted molar refractivity (Wildman–Crippen MR) is 139 cm³/mol. The molecule has 0 heterocycles. The minimum atomic E-state index is -2.57. The first-order chi connectivity index (χ1) is 17.5. The number of carbonyl (C=O) groups excluding carboxylic acids is 1. The molecule has 37 heavy (non-hydrogen) atoms. The summed E-state index contributed by atoms with van der Waals surface area (Å²) < 4.78 is 30.6. The molecule has 0 bridgehead atoms. The number of nitriles is 1. The lowest BCUT2D eigenvalue weighted by atomic mass is 9.87. The lowest BCUT2D eigenvalue weighted by Gasteiger charge is -2.19. The first kappa shape index (κ1) is 27.4. The van der Waals surface area contributed by atoms with Crippen molar-refractivity contribution in [3.05, 3.63) is 93.5 Å². The van der Waals surface area contributed by atoms with E-state index in [1.807, 2.05) is 12.1 Å². The van der Waals surface area contributed by atoms with Gasteiger partial charge in [0.15, 0.2) is 0 Å². The number of thioether (sulfide) groups is 1. The van der Waals surface area contributed by atoms with Gasteiger partial charge in [0, 0.05) is 16.6 Å². The first-order valence-corrected chi connectivity index (χ1v) is 11.9. The third kappa shape index (κ3) is 7.62. The summed E-state index contributed by atoms with van der Waals surface area (Å²) in [5.41, 5.74) is 0.944. The predicted octanol–water partition coefficient (Wildman–Crippen LogP) is 7.54. The van der Waals surface area contributed by atoms with Gasteiger partial charge in [0.25, 0.3) is 11.7 Å². The van der Waals surface area contributed by atoms with Crippen LogP contribution in [0.5, 0.6) is 11.5 Å². The number of hydrogen-bond donors (Lipinski definition) is 1. The van der Waals surface area contributed by atoms with Crippen LogP contribution in [0.2, 0.25) is 0 Å². The highest BCUT2D eigenvalue weighted by atomic mass is 32.2. The number of nitro groups is 1. The number of nitrogens with one attached hydrogen (secondary N) is 1. The molecule has 190 valence electrons. The minimum absolute atomic E-state index is 0.00961. The highest BCUT2D eigenvalue weighted by molar-refractivity contribution is 7.99. The normalized spacial score (nSPS) is 11.6. The molecule has 7 nitrogen and oxygen atoms in total. The molecule has 0 aliphatic heterocycles. The van der Waals surface area contributed by atoms with Crippen LogP contribution < -0.4 is 10.1 Å². The number of carbonyl (C=O) groups is 1. The van der Waals surface area contributed by atoms with E-state index in [0.717, 1.165) is 5.56 Å². The summed E-state index contributed by atoms with van der Waals surface area (Å²) in [5, 5.41) is 23.7. The Bertz CT molecular complexity index is 1360. The molecule has 0 aliphatic carbocycles. The van der Waals surface area contributed by atoms with Crippen molar-refractivity contribution in [3.63, 3.8) is 0 Å². The summed E-state index contributed by atoms with van der Waals surface area (Å²) in [4.78, 5) is 23.9. The summed E-state index contributed by atoms with van der Waals surface area (Å²) in [5.74, 6) is -2.88. The van der Waals surface area contributed by atoms with Crippen LogP contribution >= 0.6 is 11.8 Å². The Hall–Kier alpha value is -4.23. The highest BCUT2D eigenvalue weighted by Crippen LogP contribution is 2.34. The maximum atomic E-state index is 12.5. The summed E-state index contributed by atoms with van der Waals surface area (Å²) in [6.45, 7) is 6.21. The maximum absolute atomic E-state index is 12.5. The number of alkyl halides is 2. The Balaban J connectivity index is 1.79. The van der Waals surface area contributed by atoms with Crippen LogP contribution in [0.15, 0.2) is 77.2 Å². The highest BCUT2D eigenvalue weighted by Gasteiger charge is 2.19. The fraction of sp³-hybridized carbons (Fsp3) is 0.185. The van der Waals surface area contributed by atoms with Gasteiger partial charge in [-0.1, -0.05) is 50.7 Å². The molecular formula is C27H23F2N3O4S. The van der Waals surface area contributed by atoms with Crippen molar-refractivity contribution in [1.82, 2.24) is 0 Å². The molecular weight excluding hydrogens is 500 g/mol. The Morgan fingerprint density at radius 3 is 2.30 bits per heavy atom. The number of benzene rings is 3. The fourth-order valence-electron chi connectivity index (χ4n) is 3.24. The van der Waals surface area contributed by atoms with E-state index < -0.39 is 16.6 Å². The standard InChI is InChI=1S/C27H23F2N3O4S/c1-27(2,3)19-5-9-21(10-6-19)36-24-13-4-17(15-23(24)32(34)35)14-18(16-30)25(33)31-20-7-11-22(12-8-20)37-26(28)29/h4-15,26H,1-3H3,(H,31,33)/b18-14+. The molecule has 3 aromatic rings. The molecule has 0 aromatic heterocycles. The van der Waals surface area contributed by atoms with Crippen molar-refractivity contribution in [2.24, 2.45) is 0 Å². The zero-order valence-corrected chi connectivity index (χ0v) is 21.0. The molecule has 3 rings (SSSR count). The van der Waals surface area contributed by atoms with Gasteiger partial charge in [-0.05, 0) is 65.1 Å². The van der Waals surface area contributed by atoms with E-state index in [-0.39, 0.29) is 28.0 Å². The second-order valence-corrected chi connectivity index (χ2v) is 9.95. The SMILES string of the molecule is CC(C)(C)c1ccc(Oc2ccc(/C=C(\C#N)C(=O)Nc3ccc(SC(F)F)cc3)cc2[N+](=O)[O-])cc1. The third-order valence-corrected chi connectivity index (χ3v) is 5.86. The lowest BCUT2D eigenvalue weighted by molar-refractivity contribution is -0.385. The molecule has 0 unspecified atom stereocenters. The molecule has 0 aliphatic rings. The quantitative estimate of drug-likeness (QED) is 0.107. The third-order valence-electron chi connectivity index (χ3n) is 5.14. The van der Waals surface area contributed by atoms with Gasteiger partial charge in [0.2, 0.25) is 5.75 Å². The van der Waals surface area contributed by atoms with Gasteiger partial charge in [-0.2, -0.15) is 14.0 Å². The molecule has 0 radical (unpaired) electrons. The molecule has 0 spiro atoms. The number of nitro benzene ring substituents is 1. The lowest BCUT2D eigenvalue weighted by Crippen LogP contribution is -2.13. The largest absolute Gasteiger partial charge is 0.450 e. The van der Waals surface area contributed by atoms with Crippen LogP contribution in [0.4, 0.5) is 20.2 Å². The van der Waals surface area contributed by atoms with Crippen LogP contribution in [0, 0.1) is 21.4 Å².